The third-order valence-electron chi connectivity index (χ3n) is 4.00. The number of benzene rings is 2. The fourth-order valence-electron chi connectivity index (χ4n) is 2.95. The quantitative estimate of drug-likeness (QED) is 0.691. The summed E-state index contributed by atoms with van der Waals surface area (Å²) in [4.78, 5) is 1.77. The zero-order valence-electron chi connectivity index (χ0n) is 11.7. The van der Waals surface area contributed by atoms with Crippen LogP contribution in [0, 0.1) is 11.6 Å². The standard InChI is InChI=1S/C17H16ClF2N/c1-11-6-7-13-4-2-3-5-16(13)21(11)17-14(19)8-12(10-18)9-15(17)20/h2-5,8-9,11H,6-7,10H2,1H3. The Hall–Kier alpha value is -1.61. The molecule has 21 heavy (non-hydrogen) atoms. The number of aryl methyl sites for hydroxylation is 1. The van der Waals surface area contributed by atoms with E-state index in [-0.39, 0.29) is 17.6 Å². The molecule has 1 nitrogen and oxygen atoms in total. The topological polar surface area (TPSA) is 3.24 Å². The molecule has 0 N–H and O–H groups in total. The second-order valence-corrected chi connectivity index (χ2v) is 5.70. The number of alkyl halides is 1. The zero-order valence-corrected chi connectivity index (χ0v) is 12.5. The van der Waals surface area contributed by atoms with Crippen LogP contribution in [-0.4, -0.2) is 6.04 Å². The van der Waals surface area contributed by atoms with Crippen molar-refractivity contribution in [1.82, 2.24) is 0 Å². The van der Waals surface area contributed by atoms with Crippen LogP contribution in [0.3, 0.4) is 0 Å². The Labute approximate surface area is 128 Å². The average molecular weight is 308 g/mol. The van der Waals surface area contributed by atoms with Gasteiger partial charge in [0.15, 0.2) is 0 Å². The van der Waals surface area contributed by atoms with Gasteiger partial charge in [0.25, 0.3) is 0 Å². The molecular weight excluding hydrogens is 292 g/mol. The van der Waals surface area contributed by atoms with E-state index in [0.29, 0.717) is 5.56 Å². The van der Waals surface area contributed by atoms with Gasteiger partial charge in [-0.2, -0.15) is 0 Å². The van der Waals surface area contributed by atoms with E-state index in [1.54, 1.807) is 4.90 Å². The number of hydrogen-bond acceptors (Lipinski definition) is 1. The van der Waals surface area contributed by atoms with Crippen LogP contribution in [0.1, 0.15) is 24.5 Å². The molecule has 2 aromatic rings. The van der Waals surface area contributed by atoms with Crippen molar-refractivity contribution >= 4 is 23.0 Å². The molecule has 0 saturated heterocycles. The van der Waals surface area contributed by atoms with Crippen LogP contribution in [0.2, 0.25) is 0 Å². The SMILES string of the molecule is CC1CCc2ccccc2N1c1c(F)cc(CCl)cc1F. The minimum absolute atomic E-state index is 0.0171. The predicted octanol–water partition coefficient (Wildman–Crippen LogP) is 5.18. The lowest BCUT2D eigenvalue weighted by atomic mass is 9.95. The minimum atomic E-state index is -0.561. The molecule has 3 rings (SSSR count). The van der Waals surface area contributed by atoms with Gasteiger partial charge in [0, 0.05) is 17.6 Å². The third kappa shape index (κ3) is 2.51. The van der Waals surface area contributed by atoms with Crippen molar-refractivity contribution < 1.29 is 8.78 Å². The molecule has 1 heterocycles. The van der Waals surface area contributed by atoms with Gasteiger partial charge in [-0.15, -0.1) is 11.6 Å². The lowest BCUT2D eigenvalue weighted by Gasteiger charge is -2.37. The highest BCUT2D eigenvalue weighted by Gasteiger charge is 2.28. The van der Waals surface area contributed by atoms with E-state index in [4.69, 9.17) is 11.6 Å². The maximum atomic E-state index is 14.4. The van der Waals surface area contributed by atoms with Crippen LogP contribution >= 0.6 is 11.6 Å². The van der Waals surface area contributed by atoms with Gasteiger partial charge in [0.05, 0.1) is 0 Å². The summed E-state index contributed by atoms with van der Waals surface area (Å²) < 4.78 is 28.8. The summed E-state index contributed by atoms with van der Waals surface area (Å²) in [6.07, 6.45) is 1.80. The van der Waals surface area contributed by atoms with E-state index in [1.807, 2.05) is 31.2 Å². The van der Waals surface area contributed by atoms with E-state index in [0.717, 1.165) is 24.1 Å². The van der Waals surface area contributed by atoms with Gasteiger partial charge in [-0.05, 0) is 49.1 Å². The molecule has 0 amide bonds. The summed E-state index contributed by atoms with van der Waals surface area (Å²) in [6, 6.07) is 10.5. The molecule has 4 heteroatoms. The molecule has 0 bridgehead atoms. The summed E-state index contributed by atoms with van der Waals surface area (Å²) in [5, 5.41) is 0. The molecule has 0 aromatic heterocycles. The number of fused-ring (bicyclic) bond motifs is 1. The monoisotopic (exact) mass is 307 g/mol. The minimum Gasteiger partial charge on any atom is -0.334 e. The van der Waals surface area contributed by atoms with Gasteiger partial charge in [-0.25, -0.2) is 8.78 Å². The Morgan fingerprint density at radius 2 is 1.86 bits per heavy atom. The van der Waals surface area contributed by atoms with Crippen LogP contribution in [0.25, 0.3) is 0 Å². The van der Waals surface area contributed by atoms with Crippen molar-refractivity contribution in [2.45, 2.75) is 31.7 Å². The molecular formula is C17H16ClF2N. The number of para-hydroxylation sites is 1. The normalized spacial score (nSPS) is 17.7. The fraction of sp³-hybridized carbons (Fsp3) is 0.294. The van der Waals surface area contributed by atoms with Gasteiger partial charge < -0.3 is 4.90 Å². The summed E-state index contributed by atoms with van der Waals surface area (Å²) in [5.74, 6) is -1.02. The van der Waals surface area contributed by atoms with Crippen LogP contribution in [0.5, 0.6) is 0 Å². The van der Waals surface area contributed by atoms with Crippen LogP contribution in [0.15, 0.2) is 36.4 Å². The maximum absolute atomic E-state index is 14.4. The smallest absolute Gasteiger partial charge is 0.150 e. The van der Waals surface area contributed by atoms with Crippen molar-refractivity contribution in [3.05, 3.63) is 59.2 Å². The molecule has 0 spiro atoms. The molecule has 1 atom stereocenters. The molecule has 0 fully saturated rings. The predicted molar refractivity (Wildman–Crippen MR) is 82.3 cm³/mol. The second-order valence-electron chi connectivity index (χ2n) is 5.43. The summed E-state index contributed by atoms with van der Waals surface area (Å²) in [7, 11) is 0. The van der Waals surface area contributed by atoms with Crippen LogP contribution in [-0.2, 0) is 12.3 Å². The highest BCUT2D eigenvalue weighted by Crippen LogP contribution is 2.39. The van der Waals surface area contributed by atoms with E-state index in [1.165, 1.54) is 12.1 Å². The molecule has 0 saturated carbocycles. The summed E-state index contributed by atoms with van der Waals surface area (Å²) >= 11 is 5.67. The number of anilines is 2. The first-order chi connectivity index (χ1) is 10.1. The molecule has 0 radical (unpaired) electrons. The van der Waals surface area contributed by atoms with E-state index >= 15 is 0 Å². The second kappa shape index (κ2) is 5.64. The third-order valence-corrected chi connectivity index (χ3v) is 4.30. The number of nitrogens with zero attached hydrogens (tertiary/aromatic N) is 1. The lowest BCUT2D eigenvalue weighted by Crippen LogP contribution is -2.34. The summed E-state index contributed by atoms with van der Waals surface area (Å²) in [5.41, 5.74) is 2.47. The zero-order chi connectivity index (χ0) is 15.0. The molecule has 1 aliphatic heterocycles. The van der Waals surface area contributed by atoms with Crippen molar-refractivity contribution in [2.75, 3.05) is 4.90 Å². The Morgan fingerprint density at radius 1 is 1.19 bits per heavy atom. The highest BCUT2D eigenvalue weighted by atomic mass is 35.5. The van der Waals surface area contributed by atoms with Crippen LogP contribution in [0.4, 0.5) is 20.2 Å². The fourth-order valence-corrected chi connectivity index (χ4v) is 3.11. The Balaban J connectivity index is 2.16. The van der Waals surface area contributed by atoms with Crippen molar-refractivity contribution in [2.24, 2.45) is 0 Å². The summed E-state index contributed by atoms with van der Waals surface area (Å²) in [6.45, 7) is 1.99. The Kier molecular flexibility index (Phi) is 3.85. The molecule has 0 aliphatic carbocycles. The lowest BCUT2D eigenvalue weighted by molar-refractivity contribution is 0.548. The van der Waals surface area contributed by atoms with Crippen molar-refractivity contribution in [3.8, 4) is 0 Å². The Bertz CT molecular complexity index is 649. The van der Waals surface area contributed by atoms with Gasteiger partial charge in [0.1, 0.15) is 17.3 Å². The highest BCUT2D eigenvalue weighted by molar-refractivity contribution is 6.17. The van der Waals surface area contributed by atoms with Gasteiger partial charge in [-0.3, -0.25) is 0 Å². The molecule has 1 aliphatic rings. The van der Waals surface area contributed by atoms with Gasteiger partial charge in [-0.1, -0.05) is 18.2 Å². The Morgan fingerprint density at radius 3 is 2.52 bits per heavy atom. The van der Waals surface area contributed by atoms with E-state index in [9.17, 15) is 8.78 Å². The first-order valence-corrected chi connectivity index (χ1v) is 7.56. The maximum Gasteiger partial charge on any atom is 0.150 e. The largest absolute Gasteiger partial charge is 0.334 e. The van der Waals surface area contributed by atoms with E-state index < -0.39 is 11.6 Å². The van der Waals surface area contributed by atoms with E-state index in [2.05, 4.69) is 0 Å². The van der Waals surface area contributed by atoms with Gasteiger partial charge >= 0.3 is 0 Å². The number of rotatable bonds is 2. The van der Waals surface area contributed by atoms with Crippen LogP contribution < -0.4 is 4.90 Å². The molecule has 110 valence electrons. The van der Waals surface area contributed by atoms with Gasteiger partial charge in [0.2, 0.25) is 0 Å². The first kappa shape index (κ1) is 14.3. The number of halogens is 3. The average Bonchev–Trinajstić information content (AvgIpc) is 2.48. The first-order valence-electron chi connectivity index (χ1n) is 7.03. The van der Waals surface area contributed by atoms with Crippen molar-refractivity contribution in [3.63, 3.8) is 0 Å². The molecule has 1 unspecified atom stereocenters. The van der Waals surface area contributed by atoms with Crippen molar-refractivity contribution in [1.29, 1.82) is 0 Å². The number of hydrogen-bond donors (Lipinski definition) is 0. The molecule has 2 aromatic carbocycles.